The van der Waals surface area contributed by atoms with E-state index in [0.717, 1.165) is 30.5 Å². The number of thioether (sulfide) groups is 1. The third-order valence-corrected chi connectivity index (χ3v) is 3.43. The van der Waals surface area contributed by atoms with Crippen LogP contribution in [0, 0.1) is 0 Å². The van der Waals surface area contributed by atoms with Gasteiger partial charge in [-0.1, -0.05) is 0 Å². The summed E-state index contributed by atoms with van der Waals surface area (Å²) in [5.74, 6) is 1.03. The van der Waals surface area contributed by atoms with E-state index in [1.807, 2.05) is 6.07 Å². The molecule has 0 saturated carbocycles. The van der Waals surface area contributed by atoms with Gasteiger partial charge in [0.1, 0.15) is 6.33 Å². The number of nitrogens with one attached hydrogen (secondary N) is 1. The topological polar surface area (TPSA) is 47.0 Å². The van der Waals surface area contributed by atoms with Crippen LogP contribution in [0.3, 0.4) is 0 Å². The SMILES string of the molecule is c1cc(SCCNCC2CCCO2)ncn1. The minimum atomic E-state index is 0.434. The lowest BCUT2D eigenvalue weighted by Crippen LogP contribution is -2.27. The summed E-state index contributed by atoms with van der Waals surface area (Å²) in [5.41, 5.74) is 0. The van der Waals surface area contributed by atoms with E-state index in [1.165, 1.54) is 12.8 Å². The number of hydrogen-bond acceptors (Lipinski definition) is 5. The van der Waals surface area contributed by atoms with Crippen molar-refractivity contribution < 1.29 is 4.74 Å². The van der Waals surface area contributed by atoms with Gasteiger partial charge in [-0.3, -0.25) is 0 Å². The van der Waals surface area contributed by atoms with E-state index in [2.05, 4.69) is 15.3 Å². The Morgan fingerprint density at radius 1 is 1.56 bits per heavy atom. The highest BCUT2D eigenvalue weighted by molar-refractivity contribution is 7.99. The summed E-state index contributed by atoms with van der Waals surface area (Å²) >= 11 is 1.75. The summed E-state index contributed by atoms with van der Waals surface area (Å²) < 4.78 is 5.53. The van der Waals surface area contributed by atoms with E-state index >= 15 is 0 Å². The molecule has 1 aromatic heterocycles. The number of hydrogen-bond donors (Lipinski definition) is 1. The molecule has 1 N–H and O–H groups in total. The number of nitrogens with zero attached hydrogens (tertiary/aromatic N) is 2. The average Bonchev–Trinajstić information content (AvgIpc) is 2.83. The second kappa shape index (κ2) is 6.83. The monoisotopic (exact) mass is 239 g/mol. The smallest absolute Gasteiger partial charge is 0.116 e. The van der Waals surface area contributed by atoms with Gasteiger partial charge in [-0.15, -0.1) is 11.8 Å². The second-order valence-electron chi connectivity index (χ2n) is 3.74. The van der Waals surface area contributed by atoms with Gasteiger partial charge >= 0.3 is 0 Å². The van der Waals surface area contributed by atoms with Crippen LogP contribution < -0.4 is 5.32 Å². The van der Waals surface area contributed by atoms with Gasteiger partial charge in [0, 0.05) is 31.6 Å². The standard InChI is InChI=1S/C11H17N3OS/c1-2-10(15-6-1)8-12-5-7-16-11-3-4-13-9-14-11/h3-4,9-10,12H,1-2,5-8H2. The molecular formula is C11H17N3OS. The molecule has 1 atom stereocenters. The summed E-state index contributed by atoms with van der Waals surface area (Å²) in [6.07, 6.45) is 6.20. The minimum absolute atomic E-state index is 0.434. The lowest BCUT2D eigenvalue weighted by Gasteiger charge is -2.09. The molecule has 88 valence electrons. The molecule has 5 heteroatoms. The third kappa shape index (κ3) is 4.08. The fourth-order valence-corrected chi connectivity index (χ4v) is 2.39. The highest BCUT2D eigenvalue weighted by Gasteiger charge is 2.13. The molecule has 4 nitrogen and oxygen atoms in total. The van der Waals surface area contributed by atoms with E-state index in [9.17, 15) is 0 Å². The number of ether oxygens (including phenoxy) is 1. The molecule has 0 bridgehead atoms. The van der Waals surface area contributed by atoms with Gasteiger partial charge in [0.05, 0.1) is 11.1 Å². The molecule has 1 aliphatic rings. The average molecular weight is 239 g/mol. The summed E-state index contributed by atoms with van der Waals surface area (Å²) in [4.78, 5) is 8.04. The Balaban J connectivity index is 1.52. The van der Waals surface area contributed by atoms with Crippen LogP contribution in [-0.2, 0) is 4.74 Å². The first kappa shape index (κ1) is 11.8. The van der Waals surface area contributed by atoms with Crippen molar-refractivity contribution in [2.75, 3.05) is 25.4 Å². The molecule has 2 rings (SSSR count). The van der Waals surface area contributed by atoms with Gasteiger partial charge in [0.25, 0.3) is 0 Å². The van der Waals surface area contributed by atoms with Crippen molar-refractivity contribution in [1.82, 2.24) is 15.3 Å². The second-order valence-corrected chi connectivity index (χ2v) is 4.85. The zero-order valence-corrected chi connectivity index (χ0v) is 10.1. The van der Waals surface area contributed by atoms with Crippen LogP contribution in [0.1, 0.15) is 12.8 Å². The van der Waals surface area contributed by atoms with E-state index in [4.69, 9.17) is 4.74 Å². The Morgan fingerprint density at radius 2 is 2.56 bits per heavy atom. The maximum absolute atomic E-state index is 5.53. The first-order valence-corrected chi connectivity index (χ1v) is 6.65. The van der Waals surface area contributed by atoms with E-state index in [-0.39, 0.29) is 0 Å². The van der Waals surface area contributed by atoms with Gasteiger partial charge in [-0.2, -0.15) is 0 Å². The van der Waals surface area contributed by atoms with E-state index in [0.29, 0.717) is 6.10 Å². The number of rotatable bonds is 6. The van der Waals surface area contributed by atoms with E-state index in [1.54, 1.807) is 24.3 Å². The third-order valence-electron chi connectivity index (χ3n) is 2.48. The molecule has 1 fully saturated rings. The van der Waals surface area contributed by atoms with E-state index < -0.39 is 0 Å². The van der Waals surface area contributed by atoms with Crippen molar-refractivity contribution >= 4 is 11.8 Å². The zero-order valence-electron chi connectivity index (χ0n) is 9.26. The molecule has 0 aromatic carbocycles. The Morgan fingerprint density at radius 3 is 3.31 bits per heavy atom. The van der Waals surface area contributed by atoms with Gasteiger partial charge in [0.15, 0.2) is 0 Å². The summed E-state index contributed by atoms with van der Waals surface area (Å²) in [5, 5.41) is 4.44. The molecule has 0 aliphatic carbocycles. The number of aromatic nitrogens is 2. The Bertz CT molecular complexity index is 291. The van der Waals surface area contributed by atoms with Crippen molar-refractivity contribution in [3.8, 4) is 0 Å². The Labute approximate surface area is 100 Å². The lowest BCUT2D eigenvalue weighted by molar-refractivity contribution is 0.110. The predicted octanol–water partition coefficient (Wildman–Crippen LogP) is 1.34. The largest absolute Gasteiger partial charge is 0.377 e. The highest BCUT2D eigenvalue weighted by Crippen LogP contribution is 2.12. The van der Waals surface area contributed by atoms with Gasteiger partial charge in [-0.05, 0) is 18.9 Å². The first-order chi connectivity index (χ1) is 7.95. The fourth-order valence-electron chi connectivity index (χ4n) is 1.66. The summed E-state index contributed by atoms with van der Waals surface area (Å²) in [7, 11) is 0. The molecule has 0 spiro atoms. The van der Waals surface area contributed by atoms with Crippen LogP contribution in [0.2, 0.25) is 0 Å². The zero-order chi connectivity index (χ0) is 11.1. The lowest BCUT2D eigenvalue weighted by atomic mass is 10.2. The molecular weight excluding hydrogens is 222 g/mol. The fraction of sp³-hybridized carbons (Fsp3) is 0.636. The van der Waals surface area contributed by atoms with Crippen molar-refractivity contribution in [3.05, 3.63) is 18.6 Å². The van der Waals surface area contributed by atoms with Gasteiger partial charge in [0.2, 0.25) is 0 Å². The molecule has 0 radical (unpaired) electrons. The maximum Gasteiger partial charge on any atom is 0.116 e. The van der Waals surface area contributed by atoms with Crippen molar-refractivity contribution in [1.29, 1.82) is 0 Å². The molecule has 2 heterocycles. The molecule has 16 heavy (non-hydrogen) atoms. The maximum atomic E-state index is 5.53. The van der Waals surface area contributed by atoms with Crippen LogP contribution >= 0.6 is 11.8 Å². The molecule has 1 aromatic rings. The first-order valence-electron chi connectivity index (χ1n) is 5.66. The summed E-state index contributed by atoms with van der Waals surface area (Å²) in [6.45, 7) is 2.90. The van der Waals surface area contributed by atoms with Crippen LogP contribution in [0.4, 0.5) is 0 Å². The predicted molar refractivity (Wildman–Crippen MR) is 64.6 cm³/mol. The van der Waals surface area contributed by atoms with Crippen molar-refractivity contribution in [3.63, 3.8) is 0 Å². The van der Waals surface area contributed by atoms with Gasteiger partial charge in [-0.25, -0.2) is 9.97 Å². The van der Waals surface area contributed by atoms with Crippen molar-refractivity contribution in [2.24, 2.45) is 0 Å². The highest BCUT2D eigenvalue weighted by atomic mass is 32.2. The van der Waals surface area contributed by atoms with Crippen molar-refractivity contribution in [2.45, 2.75) is 24.0 Å². The van der Waals surface area contributed by atoms with Crippen LogP contribution in [0.25, 0.3) is 0 Å². The molecule has 1 unspecified atom stereocenters. The normalized spacial score (nSPS) is 20.1. The molecule has 0 amide bonds. The molecule has 1 saturated heterocycles. The molecule has 1 aliphatic heterocycles. The Hall–Kier alpha value is -0.650. The Kier molecular flexibility index (Phi) is 5.05. The quantitative estimate of drug-likeness (QED) is 0.461. The van der Waals surface area contributed by atoms with Crippen LogP contribution in [0.5, 0.6) is 0 Å². The minimum Gasteiger partial charge on any atom is -0.377 e. The summed E-state index contributed by atoms with van der Waals surface area (Å²) in [6, 6.07) is 1.94. The van der Waals surface area contributed by atoms with Crippen LogP contribution in [-0.4, -0.2) is 41.5 Å². The van der Waals surface area contributed by atoms with Gasteiger partial charge < -0.3 is 10.1 Å². The van der Waals surface area contributed by atoms with Crippen LogP contribution in [0.15, 0.2) is 23.6 Å².